The van der Waals surface area contributed by atoms with E-state index in [1.165, 1.54) is 11.3 Å². The molecule has 9 heteroatoms. The van der Waals surface area contributed by atoms with Gasteiger partial charge in [-0.3, -0.25) is 9.59 Å². The van der Waals surface area contributed by atoms with Crippen molar-refractivity contribution >= 4 is 28.3 Å². The number of rotatable bonds is 6. The van der Waals surface area contributed by atoms with Gasteiger partial charge in [0, 0.05) is 18.2 Å². The minimum atomic E-state index is -0.958. The number of nitrogens with zero attached hydrogens (tertiary/aromatic N) is 3. The molecule has 2 N–H and O–H groups in total. The van der Waals surface area contributed by atoms with Crippen LogP contribution in [0.25, 0.3) is 0 Å². The van der Waals surface area contributed by atoms with E-state index in [4.69, 9.17) is 9.63 Å². The first-order valence-corrected chi connectivity index (χ1v) is 6.66. The highest BCUT2D eigenvalue weighted by atomic mass is 32.1. The molecule has 20 heavy (non-hydrogen) atoms. The Labute approximate surface area is 117 Å². The number of anilines is 1. The summed E-state index contributed by atoms with van der Waals surface area (Å²) in [6, 6.07) is 0. The molecule has 0 bridgehead atoms. The molecular formula is C11H12N4O4S. The SMILES string of the molecule is Cc1noc(CCC(=O)Nc2nc(CC(=O)O)cs2)n1. The third-order valence-corrected chi connectivity index (χ3v) is 3.07. The number of carboxylic acids is 1. The van der Waals surface area contributed by atoms with Crippen molar-refractivity contribution in [1.82, 2.24) is 15.1 Å². The van der Waals surface area contributed by atoms with E-state index in [1.807, 2.05) is 0 Å². The predicted octanol–water partition coefficient (Wildman–Crippen LogP) is 1.03. The topological polar surface area (TPSA) is 118 Å². The first-order chi connectivity index (χ1) is 9.52. The number of hydrogen-bond donors (Lipinski definition) is 2. The molecule has 2 aromatic rings. The van der Waals surface area contributed by atoms with Gasteiger partial charge in [0.2, 0.25) is 11.8 Å². The number of nitrogens with one attached hydrogen (secondary N) is 1. The highest BCUT2D eigenvalue weighted by Gasteiger charge is 2.11. The fourth-order valence-corrected chi connectivity index (χ4v) is 2.17. The van der Waals surface area contributed by atoms with Gasteiger partial charge in [0.25, 0.3) is 0 Å². The number of carboxylic acid groups (broad SMARTS) is 1. The van der Waals surface area contributed by atoms with Crippen LogP contribution in [0.3, 0.4) is 0 Å². The van der Waals surface area contributed by atoms with Gasteiger partial charge in [-0.2, -0.15) is 4.98 Å². The van der Waals surface area contributed by atoms with Gasteiger partial charge in [0.15, 0.2) is 11.0 Å². The Morgan fingerprint density at radius 2 is 2.25 bits per heavy atom. The van der Waals surface area contributed by atoms with Crippen molar-refractivity contribution in [1.29, 1.82) is 0 Å². The van der Waals surface area contributed by atoms with E-state index < -0.39 is 5.97 Å². The van der Waals surface area contributed by atoms with Gasteiger partial charge in [-0.25, -0.2) is 4.98 Å². The summed E-state index contributed by atoms with van der Waals surface area (Å²) in [5, 5.41) is 16.8. The maximum Gasteiger partial charge on any atom is 0.309 e. The monoisotopic (exact) mass is 296 g/mol. The highest BCUT2D eigenvalue weighted by Crippen LogP contribution is 2.16. The molecule has 0 saturated heterocycles. The molecule has 0 atom stereocenters. The summed E-state index contributed by atoms with van der Waals surface area (Å²) in [5.74, 6) is -0.265. The van der Waals surface area contributed by atoms with Crippen LogP contribution < -0.4 is 5.32 Å². The second-order valence-electron chi connectivity index (χ2n) is 4.00. The lowest BCUT2D eigenvalue weighted by atomic mass is 10.3. The Morgan fingerprint density at radius 3 is 2.90 bits per heavy atom. The Hall–Kier alpha value is -2.29. The second kappa shape index (κ2) is 6.24. The highest BCUT2D eigenvalue weighted by molar-refractivity contribution is 7.13. The Balaban J connectivity index is 1.82. The molecule has 0 aliphatic heterocycles. The summed E-state index contributed by atoms with van der Waals surface area (Å²) in [6.07, 6.45) is 0.378. The molecule has 2 rings (SSSR count). The van der Waals surface area contributed by atoms with Gasteiger partial charge in [-0.1, -0.05) is 5.16 Å². The van der Waals surface area contributed by atoms with E-state index in [9.17, 15) is 9.59 Å². The molecule has 0 unspecified atom stereocenters. The number of aryl methyl sites for hydroxylation is 2. The maximum atomic E-state index is 11.7. The molecule has 0 spiro atoms. The number of amides is 1. The molecule has 1 amide bonds. The number of carbonyl (C=O) groups excluding carboxylic acids is 1. The largest absolute Gasteiger partial charge is 0.481 e. The lowest BCUT2D eigenvalue weighted by Crippen LogP contribution is -2.12. The fraction of sp³-hybridized carbons (Fsp3) is 0.364. The fourth-order valence-electron chi connectivity index (χ4n) is 1.44. The zero-order valence-electron chi connectivity index (χ0n) is 10.6. The molecule has 106 valence electrons. The van der Waals surface area contributed by atoms with E-state index in [2.05, 4.69) is 20.4 Å². The molecule has 0 radical (unpaired) electrons. The average Bonchev–Trinajstić information content (AvgIpc) is 2.95. The molecule has 8 nitrogen and oxygen atoms in total. The molecule has 0 fully saturated rings. The molecule has 0 saturated carbocycles. The molecular weight excluding hydrogens is 284 g/mol. The standard InChI is InChI=1S/C11H12N4O4S/c1-6-12-9(19-15-6)3-2-8(16)14-11-13-7(5-20-11)4-10(17)18/h5H,2-4H2,1H3,(H,17,18)(H,13,14,16). The van der Waals surface area contributed by atoms with Crippen LogP contribution in [0.4, 0.5) is 5.13 Å². The van der Waals surface area contributed by atoms with Crippen LogP contribution in [0, 0.1) is 6.92 Å². The second-order valence-corrected chi connectivity index (χ2v) is 4.86. The van der Waals surface area contributed by atoms with Crippen LogP contribution in [0.15, 0.2) is 9.90 Å². The molecule has 0 aliphatic carbocycles. The zero-order valence-corrected chi connectivity index (χ0v) is 11.4. The average molecular weight is 296 g/mol. The minimum Gasteiger partial charge on any atom is -0.481 e. The van der Waals surface area contributed by atoms with Crippen molar-refractivity contribution in [2.45, 2.75) is 26.2 Å². The van der Waals surface area contributed by atoms with Gasteiger partial charge in [0.1, 0.15) is 0 Å². The lowest BCUT2D eigenvalue weighted by Gasteiger charge is -1.98. The number of carbonyl (C=O) groups is 2. The minimum absolute atomic E-state index is 0.159. The first-order valence-electron chi connectivity index (χ1n) is 5.78. The Bertz CT molecular complexity index is 621. The van der Waals surface area contributed by atoms with Crippen molar-refractivity contribution in [3.8, 4) is 0 Å². The van der Waals surface area contributed by atoms with Crippen LogP contribution in [0.1, 0.15) is 23.8 Å². The summed E-state index contributed by atoms with van der Waals surface area (Å²) in [4.78, 5) is 30.2. The summed E-state index contributed by atoms with van der Waals surface area (Å²) >= 11 is 1.19. The van der Waals surface area contributed by atoms with E-state index >= 15 is 0 Å². The molecule has 0 aliphatic rings. The van der Waals surface area contributed by atoms with Crippen molar-refractivity contribution in [3.05, 3.63) is 22.8 Å². The number of aliphatic carboxylic acids is 1. The van der Waals surface area contributed by atoms with E-state index in [0.29, 0.717) is 29.0 Å². The lowest BCUT2D eigenvalue weighted by molar-refractivity contribution is -0.136. The van der Waals surface area contributed by atoms with Gasteiger partial charge < -0.3 is 14.9 Å². The maximum absolute atomic E-state index is 11.7. The quantitative estimate of drug-likeness (QED) is 0.817. The van der Waals surface area contributed by atoms with Crippen molar-refractivity contribution in [2.75, 3.05) is 5.32 Å². The predicted molar refractivity (Wildman–Crippen MR) is 69.4 cm³/mol. The molecule has 0 aromatic carbocycles. The normalized spacial score (nSPS) is 10.4. The summed E-state index contributed by atoms with van der Waals surface area (Å²) in [7, 11) is 0. The Kier molecular flexibility index (Phi) is 4.41. The summed E-state index contributed by atoms with van der Waals surface area (Å²) < 4.78 is 4.89. The molecule has 2 aromatic heterocycles. The van der Waals surface area contributed by atoms with Gasteiger partial charge >= 0.3 is 5.97 Å². The van der Waals surface area contributed by atoms with Crippen LogP contribution in [0.2, 0.25) is 0 Å². The van der Waals surface area contributed by atoms with Crippen molar-refractivity contribution < 1.29 is 19.2 Å². The molecule has 2 heterocycles. The van der Waals surface area contributed by atoms with Crippen LogP contribution >= 0.6 is 11.3 Å². The van der Waals surface area contributed by atoms with Gasteiger partial charge in [-0.15, -0.1) is 11.3 Å². The number of aromatic nitrogens is 3. The van der Waals surface area contributed by atoms with Gasteiger partial charge in [0.05, 0.1) is 12.1 Å². The third-order valence-electron chi connectivity index (χ3n) is 2.27. The first kappa shape index (κ1) is 14.1. The van der Waals surface area contributed by atoms with Gasteiger partial charge in [-0.05, 0) is 6.92 Å². The smallest absolute Gasteiger partial charge is 0.309 e. The van der Waals surface area contributed by atoms with Crippen molar-refractivity contribution in [3.63, 3.8) is 0 Å². The van der Waals surface area contributed by atoms with E-state index in [-0.39, 0.29) is 18.7 Å². The zero-order chi connectivity index (χ0) is 14.5. The summed E-state index contributed by atoms with van der Waals surface area (Å²) in [6.45, 7) is 1.70. The van der Waals surface area contributed by atoms with Crippen LogP contribution in [0.5, 0.6) is 0 Å². The number of thiazole rings is 1. The van der Waals surface area contributed by atoms with Crippen LogP contribution in [-0.2, 0) is 22.4 Å². The number of hydrogen-bond acceptors (Lipinski definition) is 7. The van der Waals surface area contributed by atoms with E-state index in [1.54, 1.807) is 12.3 Å². The third kappa shape index (κ3) is 4.12. The van der Waals surface area contributed by atoms with Crippen molar-refractivity contribution in [2.24, 2.45) is 0 Å². The Morgan fingerprint density at radius 1 is 1.45 bits per heavy atom. The van der Waals surface area contributed by atoms with E-state index in [0.717, 1.165) is 0 Å². The van der Waals surface area contributed by atoms with Crippen LogP contribution in [-0.4, -0.2) is 32.1 Å². The summed E-state index contributed by atoms with van der Waals surface area (Å²) in [5.41, 5.74) is 0.422.